The fourth-order valence-corrected chi connectivity index (χ4v) is 3.46. The van der Waals surface area contributed by atoms with Gasteiger partial charge in [0.05, 0.1) is 12.0 Å². The van der Waals surface area contributed by atoms with Gasteiger partial charge in [0.2, 0.25) is 11.7 Å². The minimum Gasteiger partial charge on any atom is -0.369 e. The third kappa shape index (κ3) is 2.84. The van der Waals surface area contributed by atoms with Crippen LogP contribution in [0.5, 0.6) is 0 Å². The quantitative estimate of drug-likeness (QED) is 0.874. The van der Waals surface area contributed by atoms with E-state index in [0.717, 1.165) is 10.1 Å². The zero-order valence-corrected chi connectivity index (χ0v) is 14.2. The average Bonchev–Trinajstić information content (AvgIpc) is 3.33. The molecule has 1 fully saturated rings. The molecule has 0 radical (unpaired) electrons. The van der Waals surface area contributed by atoms with E-state index >= 15 is 0 Å². The number of benzene rings is 1. The lowest BCUT2D eigenvalue weighted by Crippen LogP contribution is -2.39. The van der Waals surface area contributed by atoms with Gasteiger partial charge in [-0.15, -0.1) is 10.2 Å². The van der Waals surface area contributed by atoms with Crippen LogP contribution in [0.2, 0.25) is 0 Å². The minimum atomic E-state index is -4.58. The summed E-state index contributed by atoms with van der Waals surface area (Å²) in [5.74, 6) is -1.63. The molecule has 2 heterocycles. The maximum Gasteiger partial charge on any atom is 0.451 e. The zero-order valence-electron chi connectivity index (χ0n) is 14.2. The maximum absolute atomic E-state index is 12.9. The molecule has 0 bridgehead atoms. The van der Waals surface area contributed by atoms with Crippen LogP contribution in [0.25, 0.3) is 0 Å². The third-order valence-electron chi connectivity index (χ3n) is 5.20. The van der Waals surface area contributed by atoms with Crippen LogP contribution < -0.4 is 5.73 Å². The van der Waals surface area contributed by atoms with E-state index in [2.05, 4.69) is 10.2 Å². The first-order chi connectivity index (χ1) is 12.7. The van der Waals surface area contributed by atoms with Crippen molar-refractivity contribution in [1.82, 2.24) is 19.7 Å². The summed E-state index contributed by atoms with van der Waals surface area (Å²) in [4.78, 5) is 25.7. The summed E-state index contributed by atoms with van der Waals surface area (Å²) in [7, 11) is 0. The van der Waals surface area contributed by atoms with Gasteiger partial charge < -0.3 is 15.2 Å². The van der Waals surface area contributed by atoms with Gasteiger partial charge in [-0.1, -0.05) is 12.1 Å². The van der Waals surface area contributed by atoms with Crippen molar-refractivity contribution in [3.8, 4) is 0 Å². The number of hydrogen-bond acceptors (Lipinski definition) is 4. The summed E-state index contributed by atoms with van der Waals surface area (Å²) in [5, 5.41) is 6.78. The lowest BCUT2D eigenvalue weighted by atomic mass is 9.94. The molecule has 2 N–H and O–H groups in total. The van der Waals surface area contributed by atoms with Crippen molar-refractivity contribution in [2.24, 2.45) is 5.73 Å². The van der Waals surface area contributed by atoms with Crippen molar-refractivity contribution in [2.45, 2.75) is 37.5 Å². The highest BCUT2D eigenvalue weighted by atomic mass is 19.4. The van der Waals surface area contributed by atoms with Crippen LogP contribution >= 0.6 is 0 Å². The number of nitrogens with zero attached hydrogens (tertiary/aromatic N) is 4. The summed E-state index contributed by atoms with van der Waals surface area (Å²) in [6.07, 6.45) is -3.19. The number of aromatic nitrogens is 3. The highest BCUT2D eigenvalue weighted by molar-refractivity contribution is 5.95. The first-order valence-corrected chi connectivity index (χ1v) is 8.41. The van der Waals surface area contributed by atoms with E-state index in [9.17, 15) is 22.8 Å². The van der Waals surface area contributed by atoms with Gasteiger partial charge in [0.1, 0.15) is 0 Å². The number of carbonyl (C=O) groups excluding carboxylic acids is 2. The van der Waals surface area contributed by atoms with Crippen molar-refractivity contribution in [2.75, 3.05) is 6.54 Å². The van der Waals surface area contributed by atoms with Crippen molar-refractivity contribution in [3.63, 3.8) is 0 Å². The Kier molecular flexibility index (Phi) is 3.76. The lowest BCUT2D eigenvalue weighted by Gasteiger charge is -2.28. The summed E-state index contributed by atoms with van der Waals surface area (Å²) in [6.45, 7) is 0.0562. The molecule has 1 aromatic carbocycles. The van der Waals surface area contributed by atoms with Gasteiger partial charge in [0, 0.05) is 18.7 Å². The summed E-state index contributed by atoms with van der Waals surface area (Å²) in [6, 6.07) is 6.64. The molecule has 1 aliphatic carbocycles. The number of alkyl halides is 3. The first kappa shape index (κ1) is 17.5. The first-order valence-electron chi connectivity index (χ1n) is 8.41. The molecule has 27 heavy (non-hydrogen) atoms. The van der Waals surface area contributed by atoms with Gasteiger partial charge >= 0.3 is 6.18 Å². The predicted molar refractivity (Wildman–Crippen MR) is 86.3 cm³/mol. The minimum absolute atomic E-state index is 0.0220. The molecule has 2 amide bonds. The largest absolute Gasteiger partial charge is 0.451 e. The molecule has 0 unspecified atom stereocenters. The van der Waals surface area contributed by atoms with E-state index in [1.165, 1.54) is 4.90 Å². The van der Waals surface area contributed by atoms with Crippen LogP contribution in [0, 0.1) is 0 Å². The Bertz CT molecular complexity index is 916. The Balaban J connectivity index is 1.51. The summed E-state index contributed by atoms with van der Waals surface area (Å²) >= 11 is 0. The number of primary amides is 1. The topological polar surface area (TPSA) is 94.1 Å². The Morgan fingerprint density at radius 3 is 2.30 bits per heavy atom. The average molecular weight is 379 g/mol. The molecule has 142 valence electrons. The standard InChI is InChI=1S/C17H16F3N5O2/c18-17(19,20)15-23-22-12-9-24(7-8-25(12)15)13(26)10-1-3-11(4-2-10)16(5-6-16)14(21)27/h1-4H,5-9H2,(H2,21,27). The van der Waals surface area contributed by atoms with E-state index in [1.807, 2.05) is 0 Å². The van der Waals surface area contributed by atoms with E-state index in [0.29, 0.717) is 18.4 Å². The van der Waals surface area contributed by atoms with Crippen LogP contribution in [0.4, 0.5) is 13.2 Å². The number of amides is 2. The highest BCUT2D eigenvalue weighted by Crippen LogP contribution is 2.47. The number of hydrogen-bond donors (Lipinski definition) is 1. The van der Waals surface area contributed by atoms with Gasteiger partial charge in [-0.25, -0.2) is 0 Å². The van der Waals surface area contributed by atoms with Crippen LogP contribution in [-0.4, -0.2) is 38.0 Å². The molecule has 0 spiro atoms. The predicted octanol–water partition coefficient (Wildman–Crippen LogP) is 1.47. The molecular formula is C17H16F3N5O2. The van der Waals surface area contributed by atoms with Crippen LogP contribution in [0.15, 0.2) is 24.3 Å². The molecule has 1 saturated carbocycles. The molecule has 0 saturated heterocycles. The van der Waals surface area contributed by atoms with Crippen molar-refractivity contribution < 1.29 is 22.8 Å². The van der Waals surface area contributed by atoms with Crippen LogP contribution in [0.3, 0.4) is 0 Å². The number of fused-ring (bicyclic) bond motifs is 1. The molecule has 1 aliphatic heterocycles. The molecule has 0 atom stereocenters. The number of carbonyl (C=O) groups is 2. The second kappa shape index (κ2) is 5.80. The Morgan fingerprint density at radius 1 is 1.07 bits per heavy atom. The fraction of sp³-hybridized carbons (Fsp3) is 0.412. The fourth-order valence-electron chi connectivity index (χ4n) is 3.46. The van der Waals surface area contributed by atoms with Crippen molar-refractivity contribution in [1.29, 1.82) is 0 Å². The van der Waals surface area contributed by atoms with Gasteiger partial charge in [-0.2, -0.15) is 13.2 Å². The molecule has 2 aliphatic rings. The molecule has 10 heteroatoms. The maximum atomic E-state index is 12.9. The van der Waals surface area contributed by atoms with Gasteiger partial charge in [-0.3, -0.25) is 9.59 Å². The van der Waals surface area contributed by atoms with Gasteiger partial charge in [0.15, 0.2) is 5.82 Å². The second-order valence-electron chi connectivity index (χ2n) is 6.84. The van der Waals surface area contributed by atoms with Crippen LogP contribution in [-0.2, 0) is 29.5 Å². The van der Waals surface area contributed by atoms with Gasteiger partial charge in [0.25, 0.3) is 5.91 Å². The third-order valence-corrected chi connectivity index (χ3v) is 5.20. The normalized spacial score (nSPS) is 18.1. The number of halogens is 3. The molecule has 4 rings (SSSR count). The van der Waals surface area contributed by atoms with E-state index in [1.54, 1.807) is 24.3 Å². The summed E-state index contributed by atoms with van der Waals surface area (Å²) < 4.78 is 39.7. The summed E-state index contributed by atoms with van der Waals surface area (Å²) in [5.41, 5.74) is 5.99. The SMILES string of the molecule is NC(=O)C1(c2ccc(C(=O)N3CCn4c(nnc4C(F)(F)F)C3)cc2)CC1. The Hall–Kier alpha value is -2.91. The molecular weight excluding hydrogens is 363 g/mol. The van der Waals surface area contributed by atoms with E-state index < -0.39 is 17.4 Å². The lowest BCUT2D eigenvalue weighted by molar-refractivity contribution is -0.147. The molecule has 1 aromatic heterocycles. The number of nitrogens with two attached hydrogens (primary N) is 1. The monoisotopic (exact) mass is 379 g/mol. The zero-order chi connectivity index (χ0) is 19.4. The van der Waals surface area contributed by atoms with E-state index in [4.69, 9.17) is 5.73 Å². The highest BCUT2D eigenvalue weighted by Gasteiger charge is 2.50. The molecule has 7 nitrogen and oxygen atoms in total. The van der Waals surface area contributed by atoms with Gasteiger partial charge in [-0.05, 0) is 30.5 Å². The number of rotatable bonds is 3. The smallest absolute Gasteiger partial charge is 0.369 e. The van der Waals surface area contributed by atoms with E-state index in [-0.39, 0.29) is 37.3 Å². The Labute approximate surface area is 152 Å². The molecule has 2 aromatic rings. The second-order valence-corrected chi connectivity index (χ2v) is 6.84. The van der Waals surface area contributed by atoms with Crippen molar-refractivity contribution >= 4 is 11.8 Å². The Morgan fingerprint density at radius 2 is 1.74 bits per heavy atom. The van der Waals surface area contributed by atoms with Crippen molar-refractivity contribution in [3.05, 3.63) is 47.0 Å². The van der Waals surface area contributed by atoms with Crippen LogP contribution in [0.1, 0.15) is 40.4 Å².